The van der Waals surface area contributed by atoms with Crippen molar-refractivity contribution in [2.45, 2.75) is 18.7 Å². The summed E-state index contributed by atoms with van der Waals surface area (Å²) in [6.45, 7) is 4.15. The van der Waals surface area contributed by atoms with Gasteiger partial charge < -0.3 is 0 Å². The Kier molecular flexibility index (Phi) is 3.28. The number of halogens is 2. The summed E-state index contributed by atoms with van der Waals surface area (Å²) in [7, 11) is 0. The summed E-state index contributed by atoms with van der Waals surface area (Å²) < 4.78 is 13.4. The van der Waals surface area contributed by atoms with Gasteiger partial charge in [0.25, 0.3) is 0 Å². The van der Waals surface area contributed by atoms with Crippen LogP contribution in [-0.4, -0.2) is 0 Å². The largest absolute Gasteiger partial charge is 0.206 e. The van der Waals surface area contributed by atoms with Crippen LogP contribution in [0.15, 0.2) is 17.5 Å². The fourth-order valence-electron chi connectivity index (χ4n) is 1.53. The molecule has 0 aromatic carbocycles. The topological polar surface area (TPSA) is 0 Å². The molecule has 0 N–H and O–H groups in total. The predicted molar refractivity (Wildman–Crippen MR) is 68.8 cm³/mol. The van der Waals surface area contributed by atoms with Gasteiger partial charge >= 0.3 is 0 Å². The molecule has 0 radical (unpaired) electrons. The molecule has 1 atom stereocenters. The maximum atomic E-state index is 13.4. The Hall–Kier alpha value is -0.190. The molecule has 80 valence electrons. The molecule has 1 unspecified atom stereocenters. The number of thiophene rings is 2. The van der Waals surface area contributed by atoms with Gasteiger partial charge in [-0.3, -0.25) is 0 Å². The van der Waals surface area contributed by atoms with E-state index in [0.717, 1.165) is 4.88 Å². The zero-order chi connectivity index (χ0) is 11.0. The average molecular weight is 305 g/mol. The summed E-state index contributed by atoms with van der Waals surface area (Å²) in [5, 5.41) is 1.79. The fraction of sp³-hybridized carbons (Fsp3) is 0.273. The smallest absolute Gasteiger partial charge is 0.138 e. The van der Waals surface area contributed by atoms with Crippen molar-refractivity contribution in [3.05, 3.63) is 43.5 Å². The van der Waals surface area contributed by atoms with Crippen LogP contribution in [0.3, 0.4) is 0 Å². The third-order valence-electron chi connectivity index (χ3n) is 2.23. The Morgan fingerprint density at radius 3 is 2.60 bits per heavy atom. The molecule has 0 aliphatic heterocycles. The number of aryl methyl sites for hydroxylation is 2. The Balaban J connectivity index is 2.40. The molecular formula is C11H10BrFS2. The van der Waals surface area contributed by atoms with Gasteiger partial charge in [0.1, 0.15) is 5.82 Å². The van der Waals surface area contributed by atoms with Crippen molar-refractivity contribution in [2.24, 2.45) is 0 Å². The molecule has 0 aliphatic carbocycles. The quantitative estimate of drug-likeness (QED) is 0.681. The Morgan fingerprint density at radius 1 is 1.40 bits per heavy atom. The van der Waals surface area contributed by atoms with Crippen molar-refractivity contribution in [1.82, 2.24) is 0 Å². The van der Waals surface area contributed by atoms with Gasteiger partial charge in [0.2, 0.25) is 0 Å². The number of rotatable bonds is 2. The van der Waals surface area contributed by atoms with Crippen LogP contribution in [-0.2, 0) is 0 Å². The minimum atomic E-state index is -0.120. The Bertz CT molecular complexity index is 473. The van der Waals surface area contributed by atoms with E-state index in [9.17, 15) is 4.39 Å². The molecule has 0 nitrogen and oxygen atoms in total. The molecule has 0 spiro atoms. The van der Waals surface area contributed by atoms with Gasteiger partial charge in [-0.15, -0.1) is 22.7 Å². The second kappa shape index (κ2) is 4.36. The highest BCUT2D eigenvalue weighted by Crippen LogP contribution is 2.39. The lowest BCUT2D eigenvalue weighted by molar-refractivity contribution is 0.621. The lowest BCUT2D eigenvalue weighted by atomic mass is 10.1. The van der Waals surface area contributed by atoms with Crippen molar-refractivity contribution in [2.75, 3.05) is 0 Å². The van der Waals surface area contributed by atoms with Crippen LogP contribution in [0, 0.1) is 19.7 Å². The van der Waals surface area contributed by atoms with E-state index in [4.69, 9.17) is 0 Å². The van der Waals surface area contributed by atoms with Crippen LogP contribution >= 0.6 is 38.6 Å². The third-order valence-corrected chi connectivity index (χ3v) is 5.42. The van der Waals surface area contributed by atoms with Gasteiger partial charge in [-0.05, 0) is 36.9 Å². The van der Waals surface area contributed by atoms with E-state index in [1.54, 1.807) is 16.7 Å². The van der Waals surface area contributed by atoms with Crippen molar-refractivity contribution >= 4 is 38.6 Å². The zero-order valence-corrected chi connectivity index (χ0v) is 11.6. The molecule has 0 saturated heterocycles. The maximum absolute atomic E-state index is 13.4. The molecular weight excluding hydrogens is 295 g/mol. The first-order valence-electron chi connectivity index (χ1n) is 4.53. The maximum Gasteiger partial charge on any atom is 0.138 e. The van der Waals surface area contributed by atoms with Crippen LogP contribution in [0.25, 0.3) is 0 Å². The second-order valence-electron chi connectivity index (χ2n) is 3.36. The Morgan fingerprint density at radius 2 is 2.13 bits per heavy atom. The van der Waals surface area contributed by atoms with Crippen molar-refractivity contribution in [3.63, 3.8) is 0 Å². The highest BCUT2D eigenvalue weighted by Gasteiger charge is 2.19. The first kappa shape index (κ1) is 11.3. The van der Waals surface area contributed by atoms with Crippen LogP contribution in [0.5, 0.6) is 0 Å². The highest BCUT2D eigenvalue weighted by atomic mass is 79.9. The van der Waals surface area contributed by atoms with Gasteiger partial charge in [-0.2, -0.15) is 0 Å². The van der Waals surface area contributed by atoms with E-state index in [-0.39, 0.29) is 10.6 Å². The van der Waals surface area contributed by atoms with Crippen LogP contribution in [0.1, 0.15) is 25.0 Å². The molecule has 2 aromatic rings. The summed E-state index contributed by atoms with van der Waals surface area (Å²) in [5.41, 5.74) is 1.18. The molecule has 0 bridgehead atoms. The Labute approximate surface area is 105 Å². The number of hydrogen-bond acceptors (Lipinski definition) is 2. The molecule has 4 heteroatoms. The summed E-state index contributed by atoms with van der Waals surface area (Å²) >= 11 is 6.77. The van der Waals surface area contributed by atoms with Crippen molar-refractivity contribution in [3.8, 4) is 0 Å². The molecule has 2 aromatic heterocycles. The standard InChI is InChI=1S/C11H10BrFS2/c1-6-5-8(7(2)15-6)10(12)11-9(13)3-4-14-11/h3-5,10H,1-2H3. The fourth-order valence-corrected chi connectivity index (χ4v) is 4.42. The van der Waals surface area contributed by atoms with E-state index in [1.807, 2.05) is 0 Å². The normalized spacial score (nSPS) is 13.1. The summed E-state index contributed by atoms with van der Waals surface area (Å²) in [6.07, 6.45) is 0. The summed E-state index contributed by atoms with van der Waals surface area (Å²) in [4.78, 5) is 3.27. The third kappa shape index (κ3) is 2.17. The average Bonchev–Trinajstić information content (AvgIpc) is 2.71. The first-order valence-corrected chi connectivity index (χ1v) is 7.14. The zero-order valence-electron chi connectivity index (χ0n) is 8.38. The lowest BCUT2D eigenvalue weighted by Gasteiger charge is -2.07. The van der Waals surface area contributed by atoms with E-state index < -0.39 is 0 Å². The molecule has 0 saturated carbocycles. The summed E-state index contributed by atoms with van der Waals surface area (Å²) in [5.74, 6) is -0.120. The summed E-state index contributed by atoms with van der Waals surface area (Å²) in [6, 6.07) is 3.64. The minimum absolute atomic E-state index is 0.0116. The predicted octanol–water partition coefficient (Wildman–Crippen LogP) is 5.05. The number of alkyl halides is 1. The van der Waals surface area contributed by atoms with E-state index in [1.165, 1.54) is 32.7 Å². The van der Waals surface area contributed by atoms with Gasteiger partial charge in [-0.1, -0.05) is 15.9 Å². The first-order chi connectivity index (χ1) is 7.09. The molecule has 0 amide bonds. The molecule has 0 aliphatic rings. The van der Waals surface area contributed by atoms with Crippen LogP contribution in [0.4, 0.5) is 4.39 Å². The molecule has 0 fully saturated rings. The minimum Gasteiger partial charge on any atom is -0.206 e. The van der Waals surface area contributed by atoms with Gasteiger partial charge in [0, 0.05) is 9.75 Å². The SMILES string of the molecule is Cc1cc(C(Br)c2sccc2F)c(C)s1. The van der Waals surface area contributed by atoms with Crippen LogP contribution < -0.4 is 0 Å². The molecule has 15 heavy (non-hydrogen) atoms. The molecule has 2 rings (SSSR count). The van der Waals surface area contributed by atoms with Gasteiger partial charge in [0.15, 0.2) is 0 Å². The monoisotopic (exact) mass is 304 g/mol. The highest BCUT2D eigenvalue weighted by molar-refractivity contribution is 9.09. The number of hydrogen-bond donors (Lipinski definition) is 0. The van der Waals surface area contributed by atoms with Gasteiger partial charge in [0.05, 0.1) is 9.70 Å². The second-order valence-corrected chi connectivity index (χ2v) is 6.69. The van der Waals surface area contributed by atoms with E-state index in [0.29, 0.717) is 0 Å². The van der Waals surface area contributed by atoms with E-state index in [2.05, 4.69) is 35.8 Å². The van der Waals surface area contributed by atoms with Gasteiger partial charge in [-0.25, -0.2) is 4.39 Å². The molecule has 2 heterocycles. The van der Waals surface area contributed by atoms with E-state index >= 15 is 0 Å². The van der Waals surface area contributed by atoms with Crippen molar-refractivity contribution in [1.29, 1.82) is 0 Å². The lowest BCUT2D eigenvalue weighted by Crippen LogP contribution is -1.91. The van der Waals surface area contributed by atoms with Crippen molar-refractivity contribution < 1.29 is 4.39 Å². The van der Waals surface area contributed by atoms with Crippen LogP contribution in [0.2, 0.25) is 0 Å².